The second-order valence-electron chi connectivity index (χ2n) is 9.98. The highest BCUT2D eigenvalue weighted by Gasteiger charge is 2.16. The molecule has 0 aliphatic carbocycles. The van der Waals surface area contributed by atoms with Crippen LogP contribution in [0.5, 0.6) is 0 Å². The van der Waals surface area contributed by atoms with Crippen molar-refractivity contribution in [2.24, 2.45) is 17.8 Å². The van der Waals surface area contributed by atoms with Crippen LogP contribution in [-0.4, -0.2) is 50.4 Å². The molecule has 0 saturated heterocycles. The Morgan fingerprint density at radius 1 is 0.704 bits per heavy atom. The van der Waals surface area contributed by atoms with Gasteiger partial charge < -0.3 is 4.48 Å². The molecular formula is C22H48NO3S+. The van der Waals surface area contributed by atoms with E-state index in [1.807, 2.05) is 0 Å². The van der Waals surface area contributed by atoms with E-state index in [1.165, 1.54) is 51.4 Å². The molecule has 27 heavy (non-hydrogen) atoms. The van der Waals surface area contributed by atoms with Crippen LogP contribution in [0.2, 0.25) is 0 Å². The van der Waals surface area contributed by atoms with Gasteiger partial charge in [-0.3, -0.25) is 4.55 Å². The largest absolute Gasteiger partial charge is 0.328 e. The molecule has 0 saturated carbocycles. The van der Waals surface area contributed by atoms with Gasteiger partial charge in [-0.2, -0.15) is 8.42 Å². The second kappa shape index (κ2) is 13.9. The Morgan fingerprint density at radius 3 is 1.63 bits per heavy atom. The Labute approximate surface area is 170 Å². The van der Waals surface area contributed by atoms with Crippen molar-refractivity contribution in [2.45, 2.75) is 91.9 Å². The molecule has 0 aromatic heterocycles. The fourth-order valence-corrected chi connectivity index (χ4v) is 4.35. The van der Waals surface area contributed by atoms with Crippen molar-refractivity contribution >= 4 is 10.1 Å². The normalized spacial score (nSPS) is 15.3. The van der Waals surface area contributed by atoms with Crippen LogP contribution in [0.25, 0.3) is 0 Å². The topological polar surface area (TPSA) is 54.4 Å². The molecule has 0 aliphatic rings. The molecule has 0 aromatic carbocycles. The van der Waals surface area contributed by atoms with Crippen LogP contribution in [0.4, 0.5) is 0 Å². The lowest BCUT2D eigenvalue weighted by Gasteiger charge is -2.30. The third kappa shape index (κ3) is 19.0. The zero-order chi connectivity index (χ0) is 20.9. The molecule has 4 nitrogen and oxygen atoms in total. The zero-order valence-electron chi connectivity index (χ0n) is 19.0. The Morgan fingerprint density at radius 2 is 1.15 bits per heavy atom. The summed E-state index contributed by atoms with van der Waals surface area (Å²) in [6, 6.07) is 0. The van der Waals surface area contributed by atoms with Gasteiger partial charge in [0.25, 0.3) is 10.1 Å². The van der Waals surface area contributed by atoms with Crippen molar-refractivity contribution in [3.63, 3.8) is 0 Å². The summed E-state index contributed by atoms with van der Waals surface area (Å²) in [6.45, 7) is 11.5. The molecule has 2 unspecified atom stereocenters. The summed E-state index contributed by atoms with van der Waals surface area (Å²) in [7, 11) is 0.637. The molecule has 0 spiro atoms. The van der Waals surface area contributed by atoms with E-state index in [0.717, 1.165) is 41.7 Å². The first-order valence-electron chi connectivity index (χ1n) is 11.2. The minimum Gasteiger partial charge on any atom is -0.328 e. The Bertz CT molecular complexity index is 460. The highest BCUT2D eigenvalue weighted by atomic mass is 32.2. The maximum absolute atomic E-state index is 10.8. The number of rotatable bonds is 17. The number of hydrogen-bond donors (Lipinski definition) is 1. The van der Waals surface area contributed by atoms with Gasteiger partial charge in [0, 0.05) is 0 Å². The van der Waals surface area contributed by atoms with Crippen LogP contribution in [0, 0.1) is 17.8 Å². The summed E-state index contributed by atoms with van der Waals surface area (Å²) in [5.74, 6) is 2.39. The number of hydrogen-bond acceptors (Lipinski definition) is 2. The van der Waals surface area contributed by atoms with Crippen molar-refractivity contribution in [2.75, 3.05) is 32.9 Å². The van der Waals surface area contributed by atoms with Crippen LogP contribution in [0.3, 0.4) is 0 Å². The van der Waals surface area contributed by atoms with Crippen molar-refractivity contribution < 1.29 is 17.5 Å². The van der Waals surface area contributed by atoms with E-state index >= 15 is 0 Å². The maximum Gasteiger partial charge on any atom is 0.264 e. The highest BCUT2D eigenvalue weighted by Crippen LogP contribution is 2.21. The van der Waals surface area contributed by atoms with Gasteiger partial charge in [0.2, 0.25) is 0 Å². The van der Waals surface area contributed by atoms with Crippen LogP contribution in [0.15, 0.2) is 0 Å². The first-order chi connectivity index (χ1) is 12.4. The lowest BCUT2D eigenvalue weighted by Crippen LogP contribution is -2.41. The average molecular weight is 407 g/mol. The predicted octanol–water partition coefficient (Wildman–Crippen LogP) is 5.78. The highest BCUT2D eigenvalue weighted by molar-refractivity contribution is 7.85. The van der Waals surface area contributed by atoms with Crippen LogP contribution in [-0.2, 0) is 10.1 Å². The molecule has 0 aromatic rings. The maximum atomic E-state index is 10.8. The van der Waals surface area contributed by atoms with Crippen molar-refractivity contribution in [3.05, 3.63) is 0 Å². The van der Waals surface area contributed by atoms with Crippen molar-refractivity contribution in [1.82, 2.24) is 0 Å². The molecule has 0 radical (unpaired) electrons. The molecule has 0 fully saturated rings. The lowest BCUT2D eigenvalue weighted by molar-refractivity contribution is -0.890. The van der Waals surface area contributed by atoms with Crippen molar-refractivity contribution in [3.8, 4) is 0 Å². The van der Waals surface area contributed by atoms with Gasteiger partial charge in [0.1, 0.15) is 0 Å². The molecule has 2 atom stereocenters. The second-order valence-corrected chi connectivity index (χ2v) is 11.6. The lowest BCUT2D eigenvalue weighted by atomic mass is 9.92. The third-order valence-electron chi connectivity index (χ3n) is 5.75. The van der Waals surface area contributed by atoms with Gasteiger partial charge in [0.15, 0.2) is 0 Å². The van der Waals surface area contributed by atoms with E-state index in [2.05, 4.69) is 41.8 Å². The summed E-state index contributed by atoms with van der Waals surface area (Å²) in [6.07, 6.45) is 12.1. The third-order valence-corrected chi connectivity index (χ3v) is 6.55. The average Bonchev–Trinajstić information content (AvgIpc) is 2.50. The quantitative estimate of drug-likeness (QED) is 0.189. The predicted molar refractivity (Wildman–Crippen MR) is 118 cm³/mol. The monoisotopic (exact) mass is 406 g/mol. The fraction of sp³-hybridized carbons (Fsp3) is 1.00. The first-order valence-corrected chi connectivity index (χ1v) is 12.8. The van der Waals surface area contributed by atoms with Gasteiger partial charge in [-0.05, 0) is 43.4 Å². The van der Waals surface area contributed by atoms with Crippen LogP contribution < -0.4 is 0 Å². The molecule has 0 amide bonds. The van der Waals surface area contributed by atoms with E-state index < -0.39 is 10.1 Å². The van der Waals surface area contributed by atoms with Gasteiger partial charge in [-0.15, -0.1) is 0 Å². The van der Waals surface area contributed by atoms with E-state index in [0.29, 0.717) is 6.42 Å². The van der Waals surface area contributed by atoms with Gasteiger partial charge in [-0.1, -0.05) is 66.2 Å². The minimum absolute atomic E-state index is 0.111. The minimum atomic E-state index is -3.80. The molecule has 0 heterocycles. The molecule has 5 heteroatoms. The van der Waals surface area contributed by atoms with Crippen LogP contribution in [0.1, 0.15) is 91.9 Å². The Hall–Kier alpha value is -0.130. The fourth-order valence-electron chi connectivity index (χ4n) is 3.78. The van der Waals surface area contributed by atoms with Crippen molar-refractivity contribution in [1.29, 1.82) is 0 Å². The molecule has 164 valence electrons. The Kier molecular flexibility index (Phi) is 13.9. The van der Waals surface area contributed by atoms with Gasteiger partial charge in [-0.25, -0.2) is 0 Å². The smallest absolute Gasteiger partial charge is 0.264 e. The summed E-state index contributed by atoms with van der Waals surface area (Å²) >= 11 is 0. The Balaban J connectivity index is 3.74. The van der Waals surface area contributed by atoms with E-state index in [1.54, 1.807) is 0 Å². The molecule has 1 N–H and O–H groups in total. The molecule has 0 bridgehead atoms. The number of unbranched alkanes of at least 4 members (excludes halogenated alkanes) is 1. The molecular weight excluding hydrogens is 358 g/mol. The van der Waals surface area contributed by atoms with Gasteiger partial charge >= 0.3 is 0 Å². The van der Waals surface area contributed by atoms with E-state index in [-0.39, 0.29) is 5.75 Å². The van der Waals surface area contributed by atoms with Gasteiger partial charge in [0.05, 0.1) is 32.9 Å². The SMILES string of the molecule is CC(C)CCCC(C)CCCC(C)CCC[N+](C)(C)CCCCS(=O)(=O)O. The standard InChI is InChI=1S/C22H47NO3S/c1-20(2)12-9-13-21(3)14-10-15-22(4)16-11-18-23(5,6)17-7-8-19-27(24,25)26/h20-22H,7-19H2,1-6H3/p+1. The summed E-state index contributed by atoms with van der Waals surface area (Å²) in [5.41, 5.74) is 0. The summed E-state index contributed by atoms with van der Waals surface area (Å²) in [5, 5.41) is 0. The summed E-state index contributed by atoms with van der Waals surface area (Å²) < 4.78 is 31.2. The van der Waals surface area contributed by atoms with Crippen LogP contribution >= 0.6 is 0 Å². The molecule has 0 aliphatic heterocycles. The van der Waals surface area contributed by atoms with E-state index in [4.69, 9.17) is 4.55 Å². The first kappa shape index (κ1) is 26.9. The number of quaternary nitrogens is 1. The molecule has 0 rings (SSSR count). The van der Waals surface area contributed by atoms with E-state index in [9.17, 15) is 8.42 Å². The summed E-state index contributed by atoms with van der Waals surface area (Å²) in [4.78, 5) is 0. The zero-order valence-corrected chi connectivity index (χ0v) is 19.9. The number of nitrogens with zero attached hydrogens (tertiary/aromatic N) is 1.